The Morgan fingerprint density at radius 2 is 1.28 bits per heavy atom. The number of nitrogens with one attached hydrogen (secondary N) is 1. The van der Waals surface area contributed by atoms with Crippen molar-refractivity contribution in [1.29, 1.82) is 0 Å². The van der Waals surface area contributed by atoms with E-state index in [9.17, 15) is 34.4 Å². The van der Waals surface area contributed by atoms with Gasteiger partial charge in [0, 0.05) is 32.9 Å². The van der Waals surface area contributed by atoms with Crippen LogP contribution in [0.4, 0.5) is 39.8 Å². The third-order valence-corrected chi connectivity index (χ3v) is 8.97. The van der Waals surface area contributed by atoms with Gasteiger partial charge < -0.3 is 50.7 Å². The second-order valence-corrected chi connectivity index (χ2v) is 13.6. The van der Waals surface area contributed by atoms with Crippen molar-refractivity contribution < 1.29 is 49.4 Å². The van der Waals surface area contributed by atoms with E-state index in [-0.39, 0.29) is 109 Å². The lowest BCUT2D eigenvalue weighted by Crippen LogP contribution is -2.34. The number of anilines is 5. The van der Waals surface area contributed by atoms with Crippen LogP contribution in [0.3, 0.4) is 0 Å². The zero-order valence-electron chi connectivity index (χ0n) is 35.6. The van der Waals surface area contributed by atoms with E-state index in [4.69, 9.17) is 30.8 Å². The van der Waals surface area contributed by atoms with Crippen LogP contribution < -0.4 is 31.9 Å². The van der Waals surface area contributed by atoms with Gasteiger partial charge in [0.1, 0.15) is 5.52 Å². The number of hydrogen-bond donors (Lipinski definition) is 5. The van der Waals surface area contributed by atoms with Crippen LogP contribution in [0.2, 0.25) is 0 Å². The van der Waals surface area contributed by atoms with Gasteiger partial charge in [-0.2, -0.15) is 19.9 Å². The molecule has 3 aromatic heterocycles. The van der Waals surface area contributed by atoms with Gasteiger partial charge >= 0.3 is 29.4 Å². The van der Waals surface area contributed by atoms with E-state index in [1.807, 2.05) is 24.3 Å². The van der Waals surface area contributed by atoms with Crippen molar-refractivity contribution in [3.05, 3.63) is 91.4 Å². The number of carbonyl (C=O) groups is 3. The topological polar surface area (TPSA) is 314 Å². The number of H-pyrrole nitrogens is 1. The second-order valence-electron chi connectivity index (χ2n) is 13.6. The number of aromatic amines is 1. The molecule has 0 spiro atoms. The highest BCUT2D eigenvalue weighted by Gasteiger charge is 2.32. The molecule has 65 heavy (non-hydrogen) atoms. The Bertz CT molecular complexity index is 2460. The molecule has 0 aliphatic rings. The normalized spacial score (nSPS) is 10.4. The van der Waals surface area contributed by atoms with Gasteiger partial charge in [-0.25, -0.2) is 9.59 Å². The number of esters is 2. The lowest BCUT2D eigenvalue weighted by atomic mass is 10.1. The molecule has 3 heterocycles. The average molecular weight is 917 g/mol. The van der Waals surface area contributed by atoms with Crippen LogP contribution in [0, 0.1) is 10.1 Å². The molecule has 362 valence electrons. The lowest BCUT2D eigenvalue weighted by Gasteiger charge is -2.23. The fraction of sp³-hybridized carbons (Fsp3) is 0.429. The van der Waals surface area contributed by atoms with Gasteiger partial charge in [-0.05, 0) is 43.0 Å². The number of amides is 1. The zero-order valence-corrected chi connectivity index (χ0v) is 35.6. The number of ether oxygens (including phenoxy) is 3. The largest absolute Gasteiger partial charge is 0.466 e. The Hall–Kier alpha value is -7.40. The number of nitrogens with zero attached hydrogens (tertiary/aromatic N) is 9. The Kier molecular flexibility index (Phi) is 21.2. The second kappa shape index (κ2) is 25.6. The molecule has 5 aromatic rings. The van der Waals surface area contributed by atoms with Gasteiger partial charge in [0.2, 0.25) is 23.5 Å². The SMILES string of the molecule is C.C.CCOC(=O)Cc1cccc(CN(C(=O)OCC)c2nc(N(C)CCO)nc(N)c2[N+](=O)[O-])c1.CCOC(=O)Cc1cccc(Cn2c(=O)[nH]c3c(N)nc(N(C)CCO)nc32)c1.[HH].[HH].[HH].[HH]. The molecule has 2 aromatic carbocycles. The van der Waals surface area contributed by atoms with E-state index >= 15 is 0 Å². The van der Waals surface area contributed by atoms with Gasteiger partial charge in [-0.1, -0.05) is 63.4 Å². The summed E-state index contributed by atoms with van der Waals surface area (Å²) in [5, 5.41) is 30.1. The number of nitrogens with two attached hydrogens (primary N) is 2. The van der Waals surface area contributed by atoms with Crippen LogP contribution in [0.1, 0.15) is 63.6 Å². The highest BCUT2D eigenvalue weighted by molar-refractivity contribution is 5.91. The molecule has 5 rings (SSSR count). The molecule has 0 radical (unpaired) electrons. The van der Waals surface area contributed by atoms with E-state index in [0.29, 0.717) is 41.4 Å². The van der Waals surface area contributed by atoms with Crippen LogP contribution in [0.5, 0.6) is 0 Å². The van der Waals surface area contributed by atoms with Crippen molar-refractivity contribution >= 4 is 64.2 Å². The molecule has 0 aliphatic heterocycles. The minimum absolute atomic E-state index is 0. The first-order chi connectivity index (χ1) is 30.1. The number of fused-ring (bicyclic) bond motifs is 1. The van der Waals surface area contributed by atoms with E-state index in [1.165, 1.54) is 9.47 Å². The number of benzene rings is 2. The quantitative estimate of drug-likeness (QED) is 0.0335. The van der Waals surface area contributed by atoms with E-state index in [0.717, 1.165) is 16.0 Å². The predicted octanol–water partition coefficient (Wildman–Crippen LogP) is 4.20. The van der Waals surface area contributed by atoms with Gasteiger partial charge in [-0.15, -0.1) is 0 Å². The number of likely N-dealkylation sites (N-methyl/N-ethyl adjacent to an activating group) is 2. The molecule has 0 unspecified atom stereocenters. The summed E-state index contributed by atoms with van der Waals surface area (Å²) in [6, 6.07) is 14.2. The molecule has 0 bridgehead atoms. The summed E-state index contributed by atoms with van der Waals surface area (Å²) in [4.78, 5) is 83.5. The summed E-state index contributed by atoms with van der Waals surface area (Å²) < 4.78 is 16.5. The molecule has 1 amide bonds. The maximum absolute atomic E-state index is 12.8. The zero-order chi connectivity index (χ0) is 46.2. The third kappa shape index (κ3) is 14.6. The number of imidazole rings is 1. The Labute approximate surface area is 382 Å². The van der Waals surface area contributed by atoms with Crippen molar-refractivity contribution in [3.8, 4) is 0 Å². The van der Waals surface area contributed by atoms with Crippen LogP contribution in [0.25, 0.3) is 11.2 Å². The smallest absolute Gasteiger partial charge is 0.415 e. The number of aromatic nitrogens is 6. The molecular weight excluding hydrogens is 849 g/mol. The van der Waals surface area contributed by atoms with Crippen molar-refractivity contribution in [3.63, 3.8) is 0 Å². The van der Waals surface area contributed by atoms with Gasteiger partial charge in [0.15, 0.2) is 11.5 Å². The number of aliphatic hydroxyl groups is 2. The standard InChI is InChI=1S/C21H28N6O7.C19H24N6O4.2CH4.4H2/c1-4-33-16(29)12-14-7-6-8-15(11-14)13-26(21(30)34-5-2)19-17(27(31)32)18(22)23-20(24-19)25(3)9-10-28;1-3-29-14(27)10-12-5-4-6-13(9-12)11-25-17-15(21-19(25)28)16(20)22-18(23-17)24(2)7-8-26;;;;;;/h6-8,11,28H,4-5,9-10,12-13H2,1-3H3,(H2,22,23,24);4-6,9,26H,3,7-8,10-11H2,1-2H3,(H,21,28)(H2,20,22,23);2*1H4;4*1H. The summed E-state index contributed by atoms with van der Waals surface area (Å²) in [5.74, 6) is -1.05. The predicted molar refractivity (Wildman–Crippen MR) is 254 cm³/mol. The van der Waals surface area contributed by atoms with Crippen LogP contribution in [-0.4, -0.2) is 123 Å². The fourth-order valence-corrected chi connectivity index (χ4v) is 6.06. The minimum atomic E-state index is -0.879. The molecule has 23 nitrogen and oxygen atoms in total. The molecule has 0 saturated carbocycles. The first-order valence-corrected chi connectivity index (χ1v) is 19.8. The molecule has 23 heteroatoms. The summed E-state index contributed by atoms with van der Waals surface area (Å²) in [7, 11) is 3.29. The van der Waals surface area contributed by atoms with Crippen molar-refractivity contribution in [2.24, 2.45) is 0 Å². The number of aliphatic hydroxyl groups excluding tert-OH is 2. The number of hydrogen-bond acceptors (Lipinski definition) is 19. The molecule has 0 aliphatic carbocycles. The molecule has 0 saturated heterocycles. The lowest BCUT2D eigenvalue weighted by molar-refractivity contribution is -0.383. The van der Waals surface area contributed by atoms with Crippen LogP contribution in [-0.2, 0) is 49.7 Å². The molecular formula is C42H68N12O11. The summed E-state index contributed by atoms with van der Waals surface area (Å²) in [5.41, 5.74) is 14.4. The van der Waals surface area contributed by atoms with Gasteiger partial charge in [0.25, 0.3) is 0 Å². The van der Waals surface area contributed by atoms with Crippen molar-refractivity contribution in [2.45, 2.75) is 61.6 Å². The Morgan fingerprint density at radius 1 is 0.785 bits per heavy atom. The van der Waals surface area contributed by atoms with E-state index in [1.54, 1.807) is 64.0 Å². The number of rotatable bonds is 19. The summed E-state index contributed by atoms with van der Waals surface area (Å²) in [6.07, 6.45) is -0.691. The van der Waals surface area contributed by atoms with E-state index in [2.05, 4.69) is 24.9 Å². The maximum atomic E-state index is 12.8. The molecule has 0 atom stereocenters. The Morgan fingerprint density at radius 3 is 1.80 bits per heavy atom. The number of carbonyl (C=O) groups excluding carboxylic acids is 3. The highest BCUT2D eigenvalue weighted by Crippen LogP contribution is 2.34. The van der Waals surface area contributed by atoms with E-state index < -0.39 is 28.5 Å². The van der Waals surface area contributed by atoms with Crippen molar-refractivity contribution in [2.75, 3.05) is 86.4 Å². The molecule has 7 N–H and O–H groups in total. The van der Waals surface area contributed by atoms with Gasteiger partial charge in [0.05, 0.1) is 63.9 Å². The van der Waals surface area contributed by atoms with Crippen LogP contribution >= 0.6 is 0 Å². The first-order valence-electron chi connectivity index (χ1n) is 19.8. The van der Waals surface area contributed by atoms with Crippen LogP contribution in [0.15, 0.2) is 53.3 Å². The number of nitro groups is 1. The highest BCUT2D eigenvalue weighted by atomic mass is 16.6. The summed E-state index contributed by atoms with van der Waals surface area (Å²) in [6.45, 7) is 5.93. The maximum Gasteiger partial charge on any atom is 0.415 e. The molecule has 0 fully saturated rings. The fourth-order valence-electron chi connectivity index (χ4n) is 6.06. The first kappa shape index (κ1) is 53.7. The summed E-state index contributed by atoms with van der Waals surface area (Å²) >= 11 is 0. The minimum Gasteiger partial charge on any atom is -0.466 e. The Balaban J connectivity index is -0.00000117. The average Bonchev–Trinajstić information content (AvgIpc) is 3.54. The third-order valence-electron chi connectivity index (χ3n) is 8.97. The van der Waals surface area contributed by atoms with Crippen molar-refractivity contribution in [1.82, 2.24) is 29.5 Å². The number of nitrogen functional groups attached to an aromatic ring is 2. The monoisotopic (exact) mass is 917 g/mol. The van der Waals surface area contributed by atoms with Gasteiger partial charge in [-0.3, -0.25) is 29.2 Å².